The Hall–Kier alpha value is -0.613. The Morgan fingerprint density at radius 2 is 1.73 bits per heavy atom. The van der Waals surface area contributed by atoms with Crippen LogP contribution in [0.3, 0.4) is 0 Å². The maximum absolute atomic E-state index is 12.6. The van der Waals surface area contributed by atoms with E-state index in [2.05, 4.69) is 11.7 Å². The first-order valence-electron chi connectivity index (χ1n) is 12.3. The van der Waals surface area contributed by atoms with Crippen molar-refractivity contribution in [2.45, 2.75) is 102 Å². The molecule has 1 aliphatic carbocycles. The fraction of sp³-hybridized carbons (Fsp3) is 0.760. The van der Waals surface area contributed by atoms with Crippen LogP contribution in [0, 0.1) is 17.8 Å². The van der Waals surface area contributed by atoms with Crippen molar-refractivity contribution in [2.75, 3.05) is 0 Å². The van der Waals surface area contributed by atoms with Crippen LogP contribution >= 0.6 is 11.6 Å². The highest BCUT2D eigenvalue weighted by Crippen LogP contribution is 2.42. The van der Waals surface area contributed by atoms with Crippen molar-refractivity contribution in [3.8, 4) is 5.75 Å². The summed E-state index contributed by atoms with van der Waals surface area (Å²) in [5.74, 6) is 3.13. The lowest BCUT2D eigenvalue weighted by molar-refractivity contribution is -0.0504. The molecule has 0 bridgehead atoms. The molecule has 1 aromatic carbocycles. The van der Waals surface area contributed by atoms with E-state index in [1.165, 1.54) is 63.9 Å². The monoisotopic (exact) mass is 456 g/mol. The predicted molar refractivity (Wildman–Crippen MR) is 126 cm³/mol. The molecule has 170 valence electrons. The third-order valence-corrected chi connectivity index (χ3v) is 11.6. The second kappa shape index (κ2) is 12.4. The lowest BCUT2D eigenvalue weighted by Crippen LogP contribution is -2.28. The van der Waals surface area contributed by atoms with Crippen LogP contribution < -0.4 is 4.74 Å². The average Bonchev–Trinajstić information content (AvgIpc) is 2.73. The molecule has 0 amide bonds. The van der Waals surface area contributed by atoms with Gasteiger partial charge in [-0.3, -0.25) is 0 Å². The average molecular weight is 457 g/mol. The van der Waals surface area contributed by atoms with Crippen LogP contribution in [-0.2, 0) is 6.42 Å². The van der Waals surface area contributed by atoms with Crippen LogP contribution in [0.25, 0.3) is 0 Å². The van der Waals surface area contributed by atoms with Gasteiger partial charge in [0.2, 0.25) is 0 Å². The second-order valence-corrected chi connectivity index (χ2v) is 13.6. The molecule has 1 aliphatic heterocycles. The Bertz CT molecular complexity index is 626. The van der Waals surface area contributed by atoms with E-state index in [1.54, 1.807) is 24.2 Å². The molecule has 1 nitrogen and oxygen atoms in total. The fourth-order valence-electron chi connectivity index (χ4n) is 5.99. The third-order valence-electron chi connectivity index (χ3n) is 7.70. The van der Waals surface area contributed by atoms with Crippen LogP contribution in [0.5, 0.6) is 5.75 Å². The number of hydrogen-bond acceptors (Lipinski definition) is 1. The van der Waals surface area contributed by atoms with Crippen molar-refractivity contribution in [1.29, 1.82) is 0 Å². The van der Waals surface area contributed by atoms with Crippen LogP contribution in [-0.4, -0.2) is 15.4 Å². The van der Waals surface area contributed by atoms with Gasteiger partial charge in [0.1, 0.15) is 5.75 Å². The Morgan fingerprint density at radius 3 is 2.40 bits per heavy atom. The van der Waals surface area contributed by atoms with E-state index in [0.717, 1.165) is 36.2 Å². The minimum atomic E-state index is -2.80. The molecule has 0 spiro atoms. The van der Waals surface area contributed by atoms with Crippen LogP contribution in [0.1, 0.15) is 76.7 Å². The van der Waals surface area contributed by atoms with E-state index in [0.29, 0.717) is 5.02 Å². The highest BCUT2D eigenvalue weighted by molar-refractivity contribution is 6.58. The molecule has 2 aliphatic rings. The minimum absolute atomic E-state index is 0.231. The first kappa shape index (κ1) is 24.0. The summed E-state index contributed by atoms with van der Waals surface area (Å²) in [4.78, 5) is 0. The van der Waals surface area contributed by atoms with Crippen molar-refractivity contribution < 1.29 is 13.5 Å². The second-order valence-electron chi connectivity index (χ2n) is 9.73. The highest BCUT2D eigenvalue weighted by atomic mass is 35.5. The Balaban J connectivity index is 1.33. The largest absolute Gasteiger partial charge is 0.434 e. The maximum Gasteiger partial charge on any atom is 0.387 e. The molecule has 3 rings (SSSR count). The summed E-state index contributed by atoms with van der Waals surface area (Å²) in [6.07, 6.45) is 14.4. The van der Waals surface area contributed by atoms with Crippen molar-refractivity contribution in [3.63, 3.8) is 0 Å². The summed E-state index contributed by atoms with van der Waals surface area (Å²) in [6.45, 7) is -0.451. The molecule has 0 aromatic heterocycles. The summed E-state index contributed by atoms with van der Waals surface area (Å²) in [5, 5.41) is 0.437. The number of hydrogen-bond donors (Lipinski definition) is 0. The number of rotatable bonds is 10. The fourth-order valence-corrected chi connectivity index (χ4v) is 9.64. The van der Waals surface area contributed by atoms with Crippen LogP contribution in [0.4, 0.5) is 8.78 Å². The predicted octanol–water partition coefficient (Wildman–Crippen LogP) is 8.51. The molecule has 1 saturated heterocycles. The molecule has 2 fully saturated rings. The normalized spacial score (nSPS) is 27.4. The molecule has 30 heavy (non-hydrogen) atoms. The first-order chi connectivity index (χ1) is 14.5. The highest BCUT2D eigenvalue weighted by Gasteiger charge is 2.30. The maximum atomic E-state index is 12.6. The van der Waals surface area contributed by atoms with Crippen molar-refractivity contribution in [3.05, 3.63) is 28.8 Å². The number of benzene rings is 1. The van der Waals surface area contributed by atoms with Gasteiger partial charge in [-0.15, -0.1) is 0 Å². The van der Waals surface area contributed by atoms with E-state index in [1.807, 2.05) is 6.07 Å². The molecule has 0 atom stereocenters. The number of ether oxygens (including phenoxy) is 1. The van der Waals surface area contributed by atoms with Gasteiger partial charge in [-0.25, -0.2) is 0 Å². The first-order valence-corrected chi connectivity index (χ1v) is 15.1. The van der Waals surface area contributed by atoms with Gasteiger partial charge in [-0.1, -0.05) is 87.7 Å². The molecular formula is C25H39ClF2OSi. The molecular weight excluding hydrogens is 418 g/mol. The van der Waals surface area contributed by atoms with E-state index in [9.17, 15) is 8.78 Å². The van der Waals surface area contributed by atoms with E-state index < -0.39 is 6.61 Å². The van der Waals surface area contributed by atoms with Crippen molar-refractivity contribution >= 4 is 20.4 Å². The molecule has 0 radical (unpaired) electrons. The summed E-state index contributed by atoms with van der Waals surface area (Å²) in [7, 11) is -0.350. The summed E-state index contributed by atoms with van der Waals surface area (Å²) in [5.41, 5.74) is 0.839. The Morgan fingerprint density at radius 1 is 1.03 bits per heavy atom. The van der Waals surface area contributed by atoms with E-state index >= 15 is 0 Å². The summed E-state index contributed by atoms with van der Waals surface area (Å²) in [6, 6.07) is 9.88. The van der Waals surface area contributed by atoms with Gasteiger partial charge < -0.3 is 4.74 Å². The zero-order valence-corrected chi connectivity index (χ0v) is 20.5. The van der Waals surface area contributed by atoms with Crippen LogP contribution in [0.15, 0.2) is 18.2 Å². The van der Waals surface area contributed by atoms with Gasteiger partial charge in [0.05, 0.1) is 0 Å². The number of halogens is 3. The third kappa shape index (κ3) is 7.51. The number of unbranched alkanes of at least 4 members (excludes halogenated alkanes) is 1. The molecule has 0 unspecified atom stereocenters. The minimum Gasteiger partial charge on any atom is -0.434 e. The van der Waals surface area contributed by atoms with Gasteiger partial charge in [0.15, 0.2) is 0 Å². The summed E-state index contributed by atoms with van der Waals surface area (Å²) >= 11 is 5.93. The standard InChI is InChI=1S/C25H39ClF2OSi/c1-2-15-30-16-13-21(14-17-30)20-9-7-19(8-10-20)5-3-4-6-22-11-12-23(26)18-24(22)29-25(27)28/h11-12,18-21,25,30H,2-10,13-17H2,1H3. The molecule has 5 heteroatoms. The lowest BCUT2D eigenvalue weighted by Gasteiger charge is -2.37. The zero-order chi connectivity index (χ0) is 21.3. The SMILES string of the molecule is CCC[SiH]1CCC(C2CCC(CCCCc3ccc(Cl)cc3OC(F)F)CC2)CC1. The van der Waals surface area contributed by atoms with Gasteiger partial charge >= 0.3 is 6.61 Å². The van der Waals surface area contributed by atoms with Crippen molar-refractivity contribution in [2.24, 2.45) is 17.8 Å². The Labute approximate surface area is 188 Å². The van der Waals surface area contributed by atoms with Crippen LogP contribution in [0.2, 0.25) is 23.2 Å². The summed E-state index contributed by atoms with van der Waals surface area (Å²) < 4.78 is 29.9. The van der Waals surface area contributed by atoms with Gasteiger partial charge in [0.25, 0.3) is 0 Å². The number of alkyl halides is 2. The van der Waals surface area contributed by atoms with Gasteiger partial charge in [0, 0.05) is 13.8 Å². The quantitative estimate of drug-likeness (QED) is 0.253. The molecule has 1 saturated carbocycles. The van der Waals surface area contributed by atoms with Crippen molar-refractivity contribution in [1.82, 2.24) is 0 Å². The smallest absolute Gasteiger partial charge is 0.387 e. The molecule has 1 heterocycles. The topological polar surface area (TPSA) is 9.23 Å². The van der Waals surface area contributed by atoms with Gasteiger partial charge in [-0.2, -0.15) is 8.78 Å². The Kier molecular flexibility index (Phi) is 9.96. The zero-order valence-electron chi connectivity index (χ0n) is 18.6. The lowest BCUT2D eigenvalue weighted by atomic mass is 9.73. The van der Waals surface area contributed by atoms with Gasteiger partial charge in [-0.05, 0) is 61.1 Å². The molecule has 1 aromatic rings. The van der Waals surface area contributed by atoms with E-state index in [4.69, 9.17) is 11.6 Å². The number of aryl methyl sites for hydroxylation is 1. The molecule has 0 N–H and O–H groups in total. The van der Waals surface area contributed by atoms with E-state index in [-0.39, 0.29) is 14.5 Å².